The van der Waals surface area contributed by atoms with Crippen molar-refractivity contribution in [1.29, 1.82) is 0 Å². The molecule has 0 bridgehead atoms. The standard InChI is InChI=1S/C27H29ClN4O4/c28-21-12-29-10-9-19(21)17-13-31(14-17)22-3-1-2-4-24(22)36-18-5-6-20-16(11-18)15-32(27(20)35)23-7-8-25(33)30-26(23)34/h5-6,9-12,17,22-24H,1-4,7-8,13-15H2,(H,30,33,34)/t22?,23?,24-/m0/s1. The first kappa shape index (κ1) is 23.4. The van der Waals surface area contributed by atoms with Gasteiger partial charge in [0.15, 0.2) is 0 Å². The SMILES string of the molecule is O=C1CCC(N2Cc3cc(O[C@H]4CCCCC4N4CC(c5ccncc5Cl)C4)ccc3C2=O)C(=O)N1. The highest BCUT2D eigenvalue weighted by Crippen LogP contribution is 2.38. The van der Waals surface area contributed by atoms with Crippen LogP contribution in [-0.4, -0.2) is 63.8 Å². The van der Waals surface area contributed by atoms with Gasteiger partial charge < -0.3 is 9.64 Å². The van der Waals surface area contributed by atoms with Gasteiger partial charge in [-0.25, -0.2) is 0 Å². The summed E-state index contributed by atoms with van der Waals surface area (Å²) in [7, 11) is 0. The molecule has 2 saturated heterocycles. The molecule has 3 atom stereocenters. The fraction of sp³-hybridized carbons (Fsp3) is 0.481. The zero-order valence-corrected chi connectivity index (χ0v) is 20.7. The largest absolute Gasteiger partial charge is 0.489 e. The summed E-state index contributed by atoms with van der Waals surface area (Å²) < 4.78 is 6.53. The van der Waals surface area contributed by atoms with Gasteiger partial charge in [-0.15, -0.1) is 0 Å². The minimum Gasteiger partial charge on any atom is -0.489 e. The molecular formula is C27H29ClN4O4. The van der Waals surface area contributed by atoms with Gasteiger partial charge in [0.05, 0.1) is 5.02 Å². The number of rotatable bonds is 5. The molecule has 3 amide bonds. The number of hydrogen-bond donors (Lipinski definition) is 1. The van der Waals surface area contributed by atoms with Crippen molar-refractivity contribution in [3.63, 3.8) is 0 Å². The van der Waals surface area contributed by atoms with E-state index in [2.05, 4.69) is 15.2 Å². The molecule has 0 spiro atoms. The maximum Gasteiger partial charge on any atom is 0.255 e. The topological polar surface area (TPSA) is 91.8 Å². The first-order valence-electron chi connectivity index (χ1n) is 12.8. The van der Waals surface area contributed by atoms with Crippen molar-refractivity contribution < 1.29 is 19.1 Å². The van der Waals surface area contributed by atoms with Crippen LogP contribution in [0.3, 0.4) is 0 Å². The number of likely N-dealkylation sites (tertiary alicyclic amines) is 1. The number of nitrogens with one attached hydrogen (secondary N) is 1. The van der Waals surface area contributed by atoms with Crippen LogP contribution in [0.15, 0.2) is 36.7 Å². The summed E-state index contributed by atoms with van der Waals surface area (Å²) in [4.78, 5) is 45.0. The van der Waals surface area contributed by atoms with Crippen LogP contribution in [0, 0.1) is 0 Å². The lowest BCUT2D eigenvalue weighted by molar-refractivity contribution is -0.136. The van der Waals surface area contributed by atoms with Gasteiger partial charge in [0.1, 0.15) is 17.9 Å². The molecule has 1 saturated carbocycles. The molecule has 36 heavy (non-hydrogen) atoms. The summed E-state index contributed by atoms with van der Waals surface area (Å²) in [6.45, 7) is 2.29. The Hall–Kier alpha value is -2.97. The molecular weight excluding hydrogens is 480 g/mol. The van der Waals surface area contributed by atoms with Gasteiger partial charge in [0, 0.05) is 56.0 Å². The summed E-state index contributed by atoms with van der Waals surface area (Å²) in [5.74, 6) is 0.346. The first-order valence-corrected chi connectivity index (χ1v) is 13.1. The smallest absolute Gasteiger partial charge is 0.255 e. The molecule has 188 valence electrons. The predicted octanol–water partition coefficient (Wildman–Crippen LogP) is 3.29. The number of imide groups is 1. The average Bonchev–Trinajstić information content (AvgIpc) is 3.16. The minimum absolute atomic E-state index is 0.0917. The number of hydrogen-bond acceptors (Lipinski definition) is 6. The van der Waals surface area contributed by atoms with Crippen LogP contribution in [-0.2, 0) is 16.1 Å². The number of aromatic nitrogens is 1. The van der Waals surface area contributed by atoms with Crippen LogP contribution in [0.25, 0.3) is 0 Å². The lowest BCUT2D eigenvalue weighted by Gasteiger charge is -2.48. The molecule has 2 aromatic rings. The van der Waals surface area contributed by atoms with Crippen molar-refractivity contribution in [3.8, 4) is 5.75 Å². The van der Waals surface area contributed by atoms with E-state index in [-0.39, 0.29) is 24.3 Å². The number of pyridine rings is 1. The highest BCUT2D eigenvalue weighted by molar-refractivity contribution is 6.31. The third kappa shape index (κ3) is 4.26. The number of piperidine rings is 1. The molecule has 1 N–H and O–H groups in total. The third-order valence-electron chi connectivity index (χ3n) is 8.07. The van der Waals surface area contributed by atoms with Crippen LogP contribution in [0.4, 0.5) is 0 Å². The van der Waals surface area contributed by atoms with Crippen LogP contribution >= 0.6 is 11.6 Å². The minimum atomic E-state index is -0.608. The quantitative estimate of drug-likeness (QED) is 0.623. The van der Waals surface area contributed by atoms with Gasteiger partial charge in [-0.05, 0) is 61.1 Å². The van der Waals surface area contributed by atoms with Gasteiger partial charge in [0.2, 0.25) is 11.8 Å². The summed E-state index contributed by atoms with van der Waals surface area (Å²) in [5.41, 5.74) is 2.64. The van der Waals surface area contributed by atoms with E-state index in [0.29, 0.717) is 30.5 Å². The second-order valence-electron chi connectivity index (χ2n) is 10.3. The van der Waals surface area contributed by atoms with Crippen molar-refractivity contribution in [2.24, 2.45) is 0 Å². The molecule has 3 fully saturated rings. The van der Waals surface area contributed by atoms with Gasteiger partial charge in [0.25, 0.3) is 5.91 Å². The summed E-state index contributed by atoms with van der Waals surface area (Å²) in [6.07, 6.45) is 8.66. The fourth-order valence-corrected chi connectivity index (χ4v) is 6.40. The summed E-state index contributed by atoms with van der Waals surface area (Å²) >= 11 is 6.36. The maximum atomic E-state index is 13.0. The van der Waals surface area contributed by atoms with Gasteiger partial charge in [-0.2, -0.15) is 0 Å². The first-order chi connectivity index (χ1) is 17.5. The van der Waals surface area contributed by atoms with E-state index >= 15 is 0 Å². The molecule has 8 nitrogen and oxygen atoms in total. The van der Waals surface area contributed by atoms with Crippen molar-refractivity contribution in [3.05, 3.63) is 58.4 Å². The predicted molar refractivity (Wildman–Crippen MR) is 133 cm³/mol. The van der Waals surface area contributed by atoms with Crippen molar-refractivity contribution in [1.82, 2.24) is 20.1 Å². The van der Waals surface area contributed by atoms with E-state index in [4.69, 9.17) is 16.3 Å². The maximum absolute atomic E-state index is 13.0. The lowest BCUT2D eigenvalue weighted by Crippen LogP contribution is -2.57. The zero-order chi connectivity index (χ0) is 24.8. The molecule has 1 aromatic heterocycles. The van der Waals surface area contributed by atoms with E-state index in [0.717, 1.165) is 48.7 Å². The highest BCUT2D eigenvalue weighted by Gasteiger charge is 2.41. The Balaban J connectivity index is 1.12. The molecule has 1 aromatic carbocycles. The second-order valence-corrected chi connectivity index (χ2v) is 10.7. The zero-order valence-electron chi connectivity index (χ0n) is 20.0. The van der Waals surface area contributed by atoms with E-state index in [1.54, 1.807) is 17.3 Å². The average molecular weight is 509 g/mol. The van der Waals surface area contributed by atoms with E-state index in [9.17, 15) is 14.4 Å². The van der Waals surface area contributed by atoms with Crippen molar-refractivity contribution in [2.75, 3.05) is 13.1 Å². The number of fused-ring (bicyclic) bond motifs is 1. The fourth-order valence-electron chi connectivity index (χ4n) is 6.13. The van der Waals surface area contributed by atoms with Crippen LogP contribution in [0.5, 0.6) is 5.75 Å². The Kier molecular flexibility index (Phi) is 6.17. The lowest BCUT2D eigenvalue weighted by atomic mass is 9.84. The number of carbonyl (C=O) groups is 3. The Morgan fingerprint density at radius 1 is 1.06 bits per heavy atom. The molecule has 3 aliphatic heterocycles. The van der Waals surface area contributed by atoms with Crippen LogP contribution < -0.4 is 10.1 Å². The Morgan fingerprint density at radius 3 is 2.69 bits per heavy atom. The second kappa shape index (κ2) is 9.48. The molecule has 1 aliphatic carbocycles. The van der Waals surface area contributed by atoms with E-state index in [1.165, 1.54) is 12.0 Å². The van der Waals surface area contributed by atoms with E-state index < -0.39 is 11.9 Å². The molecule has 6 rings (SSSR count). The van der Waals surface area contributed by atoms with E-state index in [1.807, 2.05) is 24.3 Å². The van der Waals surface area contributed by atoms with Gasteiger partial charge in [-0.3, -0.25) is 29.6 Å². The summed E-state index contributed by atoms with van der Waals surface area (Å²) in [5, 5.41) is 3.08. The molecule has 2 unspecified atom stereocenters. The normalized spacial score (nSPS) is 27.0. The Bertz CT molecular complexity index is 1210. The third-order valence-corrected chi connectivity index (χ3v) is 8.39. The number of halogens is 1. The monoisotopic (exact) mass is 508 g/mol. The van der Waals surface area contributed by atoms with Crippen molar-refractivity contribution in [2.45, 2.75) is 69.2 Å². The molecule has 4 heterocycles. The Morgan fingerprint density at radius 2 is 1.89 bits per heavy atom. The summed E-state index contributed by atoms with van der Waals surface area (Å²) in [6, 6.07) is 7.38. The number of benzene rings is 1. The molecule has 9 heteroatoms. The van der Waals surface area contributed by atoms with Crippen LogP contribution in [0.2, 0.25) is 5.02 Å². The number of amides is 3. The highest BCUT2D eigenvalue weighted by atomic mass is 35.5. The number of nitrogens with zero attached hydrogens (tertiary/aromatic N) is 3. The van der Waals surface area contributed by atoms with Crippen molar-refractivity contribution >= 4 is 29.3 Å². The molecule has 0 radical (unpaired) electrons. The van der Waals surface area contributed by atoms with Crippen LogP contribution in [0.1, 0.15) is 65.9 Å². The Labute approximate surface area is 214 Å². The molecule has 4 aliphatic rings. The van der Waals surface area contributed by atoms with Gasteiger partial charge >= 0.3 is 0 Å². The number of ether oxygens (including phenoxy) is 1. The number of carbonyl (C=O) groups excluding carboxylic acids is 3. The van der Waals surface area contributed by atoms with Gasteiger partial charge in [-0.1, -0.05) is 18.0 Å².